The van der Waals surface area contributed by atoms with Crippen LogP contribution in [0.2, 0.25) is 0 Å². The molecular formula is C19H31NO3. The Labute approximate surface area is 140 Å². The van der Waals surface area contributed by atoms with Crippen molar-refractivity contribution < 1.29 is 14.9 Å². The maximum Gasteiger partial charge on any atom is 0.115 e. The van der Waals surface area contributed by atoms with Gasteiger partial charge in [-0.15, -0.1) is 0 Å². The molecule has 0 aliphatic heterocycles. The topological polar surface area (TPSA) is 52.9 Å². The van der Waals surface area contributed by atoms with Crippen molar-refractivity contribution in [2.45, 2.75) is 63.3 Å². The molecule has 1 unspecified atom stereocenters. The van der Waals surface area contributed by atoms with Gasteiger partial charge in [-0.3, -0.25) is 0 Å². The molecule has 1 saturated carbocycles. The lowest BCUT2D eigenvalue weighted by Crippen LogP contribution is -2.45. The highest BCUT2D eigenvalue weighted by molar-refractivity contribution is 5.30. The van der Waals surface area contributed by atoms with Gasteiger partial charge in [0.15, 0.2) is 0 Å². The largest absolute Gasteiger partial charge is 0.508 e. The first-order chi connectivity index (χ1) is 10.8. The molecule has 1 atom stereocenters. The van der Waals surface area contributed by atoms with E-state index in [1.807, 2.05) is 26.2 Å². The SMILES string of the molecule is CC(C)OC1CCC(O)(C(CN(C)C)c2ccc(O)cc2)CC1. The lowest BCUT2D eigenvalue weighted by molar-refractivity contribution is -0.0859. The van der Waals surface area contributed by atoms with Crippen LogP contribution in [0, 0.1) is 0 Å². The van der Waals surface area contributed by atoms with Crippen LogP contribution in [0.4, 0.5) is 0 Å². The van der Waals surface area contributed by atoms with Gasteiger partial charge in [-0.1, -0.05) is 12.1 Å². The van der Waals surface area contributed by atoms with Gasteiger partial charge in [-0.2, -0.15) is 0 Å². The van der Waals surface area contributed by atoms with Crippen molar-refractivity contribution in [2.75, 3.05) is 20.6 Å². The van der Waals surface area contributed by atoms with Gasteiger partial charge >= 0.3 is 0 Å². The van der Waals surface area contributed by atoms with E-state index >= 15 is 0 Å². The molecule has 2 rings (SSSR count). The van der Waals surface area contributed by atoms with Crippen molar-refractivity contribution >= 4 is 0 Å². The first-order valence-electron chi connectivity index (χ1n) is 8.61. The molecule has 0 spiro atoms. The number of phenolic OH excluding ortho intramolecular Hbond substituents is 1. The van der Waals surface area contributed by atoms with Crippen LogP contribution in [-0.2, 0) is 4.74 Å². The summed E-state index contributed by atoms with van der Waals surface area (Å²) in [6.07, 6.45) is 3.80. The minimum Gasteiger partial charge on any atom is -0.508 e. The normalized spacial score (nSPS) is 26.7. The number of likely N-dealkylation sites (N-methyl/N-ethyl adjacent to an activating group) is 1. The number of hydrogen-bond donors (Lipinski definition) is 2. The Hall–Kier alpha value is -1.10. The van der Waals surface area contributed by atoms with E-state index in [1.54, 1.807) is 12.1 Å². The standard InChI is InChI=1S/C19H31NO3/c1-14(2)23-17-9-11-19(22,12-10-17)18(13-20(3)4)15-5-7-16(21)8-6-15/h5-8,14,17-18,21-22H,9-13H2,1-4H3. The zero-order chi connectivity index (χ0) is 17.0. The van der Waals surface area contributed by atoms with Crippen LogP contribution in [0.1, 0.15) is 51.0 Å². The molecule has 2 N–H and O–H groups in total. The first-order valence-corrected chi connectivity index (χ1v) is 8.61. The third kappa shape index (κ3) is 4.93. The van der Waals surface area contributed by atoms with Crippen LogP contribution in [0.5, 0.6) is 5.75 Å². The minimum atomic E-state index is -0.710. The predicted molar refractivity (Wildman–Crippen MR) is 92.8 cm³/mol. The maximum absolute atomic E-state index is 11.3. The quantitative estimate of drug-likeness (QED) is 0.845. The van der Waals surface area contributed by atoms with E-state index in [-0.39, 0.29) is 23.9 Å². The van der Waals surface area contributed by atoms with Crippen LogP contribution >= 0.6 is 0 Å². The smallest absolute Gasteiger partial charge is 0.115 e. The number of aromatic hydroxyl groups is 1. The molecule has 1 aromatic carbocycles. The van der Waals surface area contributed by atoms with E-state index in [0.29, 0.717) is 0 Å². The zero-order valence-corrected chi connectivity index (χ0v) is 14.8. The van der Waals surface area contributed by atoms with E-state index in [1.165, 1.54) is 0 Å². The molecule has 1 aliphatic rings. The summed E-state index contributed by atoms with van der Waals surface area (Å²) in [4.78, 5) is 2.12. The van der Waals surface area contributed by atoms with Gasteiger partial charge in [0.05, 0.1) is 17.8 Å². The number of ether oxygens (including phenoxy) is 1. The molecule has 4 heteroatoms. The number of benzene rings is 1. The number of phenols is 1. The molecule has 0 aromatic heterocycles. The average molecular weight is 321 g/mol. The molecule has 0 saturated heterocycles. The van der Waals surface area contributed by atoms with Crippen molar-refractivity contribution in [3.63, 3.8) is 0 Å². The Balaban J connectivity index is 2.14. The Bertz CT molecular complexity index is 476. The highest BCUT2D eigenvalue weighted by Gasteiger charge is 2.41. The van der Waals surface area contributed by atoms with Crippen molar-refractivity contribution in [1.29, 1.82) is 0 Å². The molecule has 130 valence electrons. The number of rotatable bonds is 6. The van der Waals surface area contributed by atoms with Gasteiger partial charge in [0.2, 0.25) is 0 Å². The summed E-state index contributed by atoms with van der Waals surface area (Å²) in [5, 5.41) is 20.8. The monoisotopic (exact) mass is 321 g/mol. The van der Waals surface area contributed by atoms with Crippen LogP contribution in [0.15, 0.2) is 24.3 Å². The Morgan fingerprint density at radius 1 is 1.17 bits per heavy atom. The van der Waals surface area contributed by atoms with Gasteiger partial charge in [0, 0.05) is 12.5 Å². The predicted octanol–water partition coefficient (Wildman–Crippen LogP) is 3.14. The Morgan fingerprint density at radius 2 is 1.74 bits per heavy atom. The van der Waals surface area contributed by atoms with E-state index in [0.717, 1.165) is 37.8 Å². The number of aliphatic hydroxyl groups is 1. The van der Waals surface area contributed by atoms with Crippen molar-refractivity contribution in [1.82, 2.24) is 4.90 Å². The molecule has 0 heterocycles. The summed E-state index contributed by atoms with van der Waals surface area (Å²) in [5.41, 5.74) is 0.375. The average Bonchev–Trinajstić information content (AvgIpc) is 2.48. The molecule has 4 nitrogen and oxygen atoms in total. The van der Waals surface area contributed by atoms with Gasteiger partial charge in [-0.05, 0) is 71.3 Å². The lowest BCUT2D eigenvalue weighted by Gasteiger charge is -2.43. The first kappa shape index (κ1) is 18.2. The maximum atomic E-state index is 11.3. The highest BCUT2D eigenvalue weighted by Crippen LogP contribution is 2.41. The summed E-state index contributed by atoms with van der Waals surface area (Å²) in [6, 6.07) is 7.26. The third-order valence-electron chi connectivity index (χ3n) is 4.75. The Kier molecular flexibility index (Phi) is 6.06. The summed E-state index contributed by atoms with van der Waals surface area (Å²) >= 11 is 0. The fraction of sp³-hybridized carbons (Fsp3) is 0.684. The van der Waals surface area contributed by atoms with E-state index in [2.05, 4.69) is 18.7 Å². The molecule has 1 fully saturated rings. The third-order valence-corrected chi connectivity index (χ3v) is 4.75. The molecule has 0 bridgehead atoms. The summed E-state index contributed by atoms with van der Waals surface area (Å²) in [6.45, 7) is 4.91. The lowest BCUT2D eigenvalue weighted by atomic mass is 9.72. The summed E-state index contributed by atoms with van der Waals surface area (Å²) < 4.78 is 5.91. The number of nitrogens with zero attached hydrogens (tertiary/aromatic N) is 1. The van der Waals surface area contributed by atoms with Crippen LogP contribution < -0.4 is 0 Å². The number of hydrogen-bond acceptors (Lipinski definition) is 4. The fourth-order valence-corrected chi connectivity index (χ4v) is 3.62. The molecule has 1 aliphatic carbocycles. The minimum absolute atomic E-state index is 0.0399. The van der Waals surface area contributed by atoms with Crippen molar-refractivity contribution in [2.24, 2.45) is 0 Å². The van der Waals surface area contributed by atoms with Gasteiger partial charge in [-0.25, -0.2) is 0 Å². The summed E-state index contributed by atoms with van der Waals surface area (Å²) in [5.74, 6) is 0.302. The van der Waals surface area contributed by atoms with Crippen molar-refractivity contribution in [3.05, 3.63) is 29.8 Å². The molecule has 0 amide bonds. The zero-order valence-electron chi connectivity index (χ0n) is 14.8. The van der Waals surface area contributed by atoms with Crippen LogP contribution in [-0.4, -0.2) is 53.6 Å². The van der Waals surface area contributed by atoms with Crippen molar-refractivity contribution in [3.8, 4) is 5.75 Å². The van der Waals surface area contributed by atoms with Crippen LogP contribution in [0.3, 0.4) is 0 Å². The molecule has 1 aromatic rings. The van der Waals surface area contributed by atoms with E-state index in [9.17, 15) is 10.2 Å². The van der Waals surface area contributed by atoms with Gasteiger partial charge in [0.1, 0.15) is 5.75 Å². The second-order valence-electron chi connectivity index (χ2n) is 7.39. The molecule has 0 radical (unpaired) electrons. The second-order valence-corrected chi connectivity index (χ2v) is 7.39. The Morgan fingerprint density at radius 3 is 2.22 bits per heavy atom. The molecular weight excluding hydrogens is 290 g/mol. The van der Waals surface area contributed by atoms with Gasteiger partial charge < -0.3 is 19.8 Å². The second kappa shape index (κ2) is 7.65. The summed E-state index contributed by atoms with van der Waals surface area (Å²) in [7, 11) is 4.06. The van der Waals surface area contributed by atoms with Crippen LogP contribution in [0.25, 0.3) is 0 Å². The van der Waals surface area contributed by atoms with E-state index < -0.39 is 5.60 Å². The highest BCUT2D eigenvalue weighted by atomic mass is 16.5. The van der Waals surface area contributed by atoms with E-state index in [4.69, 9.17) is 4.74 Å². The fourth-order valence-electron chi connectivity index (χ4n) is 3.62. The molecule has 23 heavy (non-hydrogen) atoms. The van der Waals surface area contributed by atoms with Gasteiger partial charge in [0.25, 0.3) is 0 Å².